The molecule has 5 heteroatoms. The first-order valence-corrected chi connectivity index (χ1v) is 5.15. The number of amides is 1. The van der Waals surface area contributed by atoms with Crippen molar-refractivity contribution in [1.29, 1.82) is 0 Å². The number of hydrogen-bond acceptors (Lipinski definition) is 1. The number of rotatable bonds is 1. The van der Waals surface area contributed by atoms with Crippen molar-refractivity contribution in [3.8, 4) is 0 Å². The minimum absolute atomic E-state index is 0.209. The summed E-state index contributed by atoms with van der Waals surface area (Å²) in [7, 11) is 0. The summed E-state index contributed by atoms with van der Waals surface area (Å²) in [4.78, 5) is 10.9. The molecule has 1 aromatic carbocycles. The molecule has 2 rings (SSSR count). The molecule has 1 N–H and O–H groups in total. The summed E-state index contributed by atoms with van der Waals surface area (Å²) >= 11 is 0. The Kier molecular flexibility index (Phi) is 2.92. The molecule has 0 fully saturated rings. The highest BCUT2D eigenvalue weighted by atomic mass is 19.4. The van der Waals surface area contributed by atoms with Crippen LogP contribution in [0.15, 0.2) is 24.3 Å². The molecule has 90 valence electrons. The van der Waals surface area contributed by atoms with E-state index in [2.05, 4.69) is 0 Å². The van der Waals surface area contributed by atoms with Gasteiger partial charge in [-0.25, -0.2) is 0 Å². The molecule has 1 aliphatic carbocycles. The molecular weight excluding hydrogens is 231 g/mol. The van der Waals surface area contributed by atoms with Crippen molar-refractivity contribution in [1.82, 2.24) is 0 Å². The van der Waals surface area contributed by atoms with Crippen LogP contribution in [0.4, 0.5) is 18.9 Å². The van der Waals surface area contributed by atoms with Gasteiger partial charge in [-0.2, -0.15) is 13.2 Å². The molecule has 0 saturated heterocycles. The van der Waals surface area contributed by atoms with Crippen LogP contribution in [0.3, 0.4) is 0 Å². The molecule has 1 aromatic rings. The Labute approximate surface area is 96.1 Å². The number of carbonyl (C=O) groups is 1. The highest BCUT2D eigenvalue weighted by Crippen LogP contribution is 2.28. The second-order valence-corrected chi connectivity index (χ2v) is 3.77. The van der Waals surface area contributed by atoms with Crippen LogP contribution >= 0.6 is 0 Å². The predicted octanol–water partition coefficient (Wildman–Crippen LogP) is 3.15. The number of halogens is 3. The monoisotopic (exact) mass is 241 g/mol. The zero-order valence-corrected chi connectivity index (χ0v) is 8.84. The van der Waals surface area contributed by atoms with Gasteiger partial charge in [0.05, 0.1) is 0 Å². The second kappa shape index (κ2) is 4.24. The Morgan fingerprint density at radius 3 is 2.76 bits per heavy atom. The van der Waals surface area contributed by atoms with Crippen molar-refractivity contribution >= 4 is 17.7 Å². The predicted molar refractivity (Wildman–Crippen MR) is 58.5 cm³/mol. The van der Waals surface area contributed by atoms with Crippen molar-refractivity contribution in [2.24, 2.45) is 0 Å². The molecule has 0 atom stereocenters. The molecule has 0 heterocycles. The maximum absolute atomic E-state index is 12.1. The van der Waals surface area contributed by atoms with E-state index < -0.39 is 12.1 Å². The molecule has 0 bridgehead atoms. The molecule has 0 aliphatic heterocycles. The molecule has 0 saturated carbocycles. The third-order valence-corrected chi connectivity index (χ3v) is 2.57. The van der Waals surface area contributed by atoms with Crippen LogP contribution in [0, 0.1) is 0 Å². The van der Waals surface area contributed by atoms with Crippen LogP contribution in [-0.4, -0.2) is 12.1 Å². The number of carbonyl (C=O) groups excluding carboxylic acids is 1. The summed E-state index contributed by atoms with van der Waals surface area (Å²) in [6.07, 6.45) is 0.405. The first-order chi connectivity index (χ1) is 7.98. The summed E-state index contributed by atoms with van der Waals surface area (Å²) in [6, 6.07) is 4.96. The molecule has 0 radical (unpaired) electrons. The average molecular weight is 241 g/mol. The SMILES string of the molecule is O=C(Nc1cccc2c1C=CCC2)C(F)(F)F. The normalized spacial score (nSPS) is 14.3. The second-order valence-electron chi connectivity index (χ2n) is 3.77. The Bertz CT molecular complexity index is 477. The first kappa shape index (κ1) is 11.7. The van der Waals surface area contributed by atoms with E-state index in [0.29, 0.717) is 5.56 Å². The van der Waals surface area contributed by atoms with Gasteiger partial charge in [0, 0.05) is 11.3 Å². The fourth-order valence-corrected chi connectivity index (χ4v) is 1.77. The molecule has 1 aliphatic rings. The lowest BCUT2D eigenvalue weighted by atomic mass is 9.96. The van der Waals surface area contributed by atoms with Crippen LogP contribution in [0.1, 0.15) is 17.5 Å². The molecular formula is C12H10F3NO. The summed E-state index contributed by atoms with van der Waals surface area (Å²) in [6.45, 7) is 0. The van der Waals surface area contributed by atoms with Crippen molar-refractivity contribution in [2.45, 2.75) is 19.0 Å². The smallest absolute Gasteiger partial charge is 0.318 e. The van der Waals surface area contributed by atoms with Gasteiger partial charge in [0.25, 0.3) is 0 Å². The van der Waals surface area contributed by atoms with Crippen molar-refractivity contribution in [3.63, 3.8) is 0 Å². The maximum atomic E-state index is 12.1. The molecule has 0 unspecified atom stereocenters. The lowest BCUT2D eigenvalue weighted by Gasteiger charge is -2.16. The number of nitrogens with one attached hydrogen (secondary N) is 1. The van der Waals surface area contributed by atoms with Gasteiger partial charge in [0.2, 0.25) is 0 Å². The number of hydrogen-bond donors (Lipinski definition) is 1. The quantitative estimate of drug-likeness (QED) is 0.804. The topological polar surface area (TPSA) is 29.1 Å². The van der Waals surface area contributed by atoms with Gasteiger partial charge < -0.3 is 5.32 Å². The zero-order chi connectivity index (χ0) is 12.5. The van der Waals surface area contributed by atoms with E-state index in [4.69, 9.17) is 0 Å². The largest absolute Gasteiger partial charge is 0.471 e. The third kappa shape index (κ3) is 2.49. The number of aryl methyl sites for hydroxylation is 1. The molecule has 17 heavy (non-hydrogen) atoms. The van der Waals surface area contributed by atoms with Gasteiger partial charge in [0.15, 0.2) is 0 Å². The number of fused-ring (bicyclic) bond motifs is 1. The van der Waals surface area contributed by atoms with Crippen LogP contribution < -0.4 is 5.32 Å². The molecule has 0 spiro atoms. The van der Waals surface area contributed by atoms with Gasteiger partial charge in [0.1, 0.15) is 0 Å². The Balaban J connectivity index is 2.29. The summed E-state index contributed by atoms with van der Waals surface area (Å²) in [5.74, 6) is -1.94. The van der Waals surface area contributed by atoms with Crippen LogP contribution in [-0.2, 0) is 11.2 Å². The van der Waals surface area contributed by atoms with Gasteiger partial charge in [-0.3, -0.25) is 4.79 Å². The lowest BCUT2D eigenvalue weighted by Crippen LogP contribution is -2.30. The van der Waals surface area contributed by atoms with E-state index in [1.807, 2.05) is 17.5 Å². The Hall–Kier alpha value is -1.78. The molecule has 0 aromatic heterocycles. The summed E-state index contributed by atoms with van der Waals surface area (Å²) in [5, 5.41) is 1.89. The zero-order valence-electron chi connectivity index (χ0n) is 8.84. The fourth-order valence-electron chi connectivity index (χ4n) is 1.77. The van der Waals surface area contributed by atoms with Crippen LogP contribution in [0.2, 0.25) is 0 Å². The Morgan fingerprint density at radius 1 is 1.29 bits per heavy atom. The molecule has 1 amide bonds. The highest BCUT2D eigenvalue weighted by molar-refractivity contribution is 5.97. The van der Waals surface area contributed by atoms with Crippen LogP contribution in [0.25, 0.3) is 6.08 Å². The van der Waals surface area contributed by atoms with E-state index in [1.54, 1.807) is 12.1 Å². The van der Waals surface area contributed by atoms with E-state index >= 15 is 0 Å². The summed E-state index contributed by atoms with van der Waals surface area (Å²) < 4.78 is 36.4. The van der Waals surface area contributed by atoms with E-state index in [9.17, 15) is 18.0 Å². The summed E-state index contributed by atoms with van der Waals surface area (Å²) in [5.41, 5.74) is 1.82. The van der Waals surface area contributed by atoms with Gasteiger partial charge in [-0.15, -0.1) is 0 Å². The highest BCUT2D eigenvalue weighted by Gasteiger charge is 2.38. The number of allylic oxidation sites excluding steroid dienone is 1. The average Bonchev–Trinajstić information content (AvgIpc) is 2.28. The van der Waals surface area contributed by atoms with E-state index in [0.717, 1.165) is 18.4 Å². The lowest BCUT2D eigenvalue weighted by molar-refractivity contribution is -0.167. The minimum atomic E-state index is -4.86. The fraction of sp³-hybridized carbons (Fsp3) is 0.250. The Morgan fingerprint density at radius 2 is 2.06 bits per heavy atom. The van der Waals surface area contributed by atoms with Gasteiger partial charge in [-0.05, 0) is 24.5 Å². The number of anilines is 1. The first-order valence-electron chi connectivity index (χ1n) is 5.15. The van der Waals surface area contributed by atoms with Crippen molar-refractivity contribution < 1.29 is 18.0 Å². The van der Waals surface area contributed by atoms with Gasteiger partial charge in [-0.1, -0.05) is 24.3 Å². The number of benzene rings is 1. The van der Waals surface area contributed by atoms with Crippen molar-refractivity contribution in [3.05, 3.63) is 35.4 Å². The van der Waals surface area contributed by atoms with E-state index in [1.165, 1.54) is 6.07 Å². The van der Waals surface area contributed by atoms with Crippen LogP contribution in [0.5, 0.6) is 0 Å². The van der Waals surface area contributed by atoms with Crippen molar-refractivity contribution in [2.75, 3.05) is 5.32 Å². The standard InChI is InChI=1S/C12H10F3NO/c13-12(14,15)11(17)16-10-7-3-5-8-4-1-2-6-9(8)10/h2-3,5-7H,1,4H2,(H,16,17). The molecule has 2 nitrogen and oxygen atoms in total. The third-order valence-electron chi connectivity index (χ3n) is 2.57. The van der Waals surface area contributed by atoms with E-state index in [-0.39, 0.29) is 5.69 Å². The number of alkyl halides is 3. The van der Waals surface area contributed by atoms with Gasteiger partial charge >= 0.3 is 12.1 Å². The maximum Gasteiger partial charge on any atom is 0.471 e. The minimum Gasteiger partial charge on any atom is -0.318 e.